The van der Waals surface area contributed by atoms with Crippen LogP contribution in [-0.2, 0) is 23.1 Å². The summed E-state index contributed by atoms with van der Waals surface area (Å²) >= 11 is 0. The molecule has 0 radical (unpaired) electrons. The summed E-state index contributed by atoms with van der Waals surface area (Å²) < 4.78 is 29.7. The van der Waals surface area contributed by atoms with Crippen molar-refractivity contribution < 1.29 is 8.42 Å². The van der Waals surface area contributed by atoms with E-state index in [1.54, 1.807) is 11.0 Å². The highest BCUT2D eigenvalue weighted by atomic mass is 32.2. The highest BCUT2D eigenvalue weighted by Crippen LogP contribution is 2.16. The van der Waals surface area contributed by atoms with Gasteiger partial charge in [0.15, 0.2) is 0 Å². The lowest BCUT2D eigenvalue weighted by Crippen LogP contribution is -2.25. The summed E-state index contributed by atoms with van der Waals surface area (Å²) in [6.07, 6.45) is 3.01. The number of aromatic nitrogens is 5. The molecule has 2 heterocycles. The lowest BCUT2D eigenvalue weighted by Gasteiger charge is -2.11. The van der Waals surface area contributed by atoms with Gasteiger partial charge in [0.25, 0.3) is 5.56 Å². The number of hydrogen-bond acceptors (Lipinski definition) is 6. The third kappa shape index (κ3) is 4.00. The molecule has 10 nitrogen and oxygen atoms in total. The van der Waals surface area contributed by atoms with Crippen molar-refractivity contribution in [1.82, 2.24) is 29.5 Å². The molecular weight excluding hydrogens is 396 g/mol. The lowest BCUT2D eigenvalue weighted by molar-refractivity contribution is 0.580. The van der Waals surface area contributed by atoms with E-state index < -0.39 is 21.3 Å². The molecule has 0 unspecified atom stereocenters. The van der Waals surface area contributed by atoms with Gasteiger partial charge in [0.2, 0.25) is 10.0 Å². The van der Waals surface area contributed by atoms with Crippen LogP contribution in [0, 0.1) is 0 Å². The molecule has 148 valence electrons. The summed E-state index contributed by atoms with van der Waals surface area (Å²) in [6.45, 7) is 0.518. The van der Waals surface area contributed by atoms with Crippen LogP contribution >= 0.6 is 0 Å². The molecule has 2 aromatic carbocycles. The Morgan fingerprint density at radius 2 is 1.83 bits per heavy atom. The van der Waals surface area contributed by atoms with E-state index >= 15 is 0 Å². The summed E-state index contributed by atoms with van der Waals surface area (Å²) in [6, 6.07) is 11.3. The molecule has 0 aliphatic rings. The number of nitrogens with zero attached hydrogens (tertiary/aromatic N) is 3. The first kappa shape index (κ1) is 18.8. The molecule has 11 heteroatoms. The fourth-order valence-electron chi connectivity index (χ4n) is 2.94. The van der Waals surface area contributed by atoms with E-state index in [4.69, 9.17) is 0 Å². The average molecular weight is 412 g/mol. The van der Waals surface area contributed by atoms with Gasteiger partial charge in [-0.1, -0.05) is 24.3 Å². The molecule has 0 bridgehead atoms. The third-order valence-electron chi connectivity index (χ3n) is 4.39. The second-order valence-electron chi connectivity index (χ2n) is 6.30. The largest absolute Gasteiger partial charge is 0.326 e. The first-order valence-electron chi connectivity index (χ1n) is 8.57. The molecule has 4 rings (SSSR count). The number of H-pyrrole nitrogens is 2. The van der Waals surface area contributed by atoms with Gasteiger partial charge in [-0.2, -0.15) is 5.10 Å². The standard InChI is InChI=1S/C18H16N6O4S/c25-17-15-7-14(5-6-16(15)22-18(26)23-17)29(27,28)21-8-12-3-1-2-4-13(12)9-24-11-19-10-20-24/h1-7,10-11,21H,8-9H2,(H2,22,23,25,26). The van der Waals surface area contributed by atoms with Crippen LogP contribution in [0.5, 0.6) is 0 Å². The maximum Gasteiger partial charge on any atom is 0.326 e. The van der Waals surface area contributed by atoms with Crippen molar-refractivity contribution in [2.45, 2.75) is 18.0 Å². The summed E-state index contributed by atoms with van der Waals surface area (Å²) in [4.78, 5) is 31.7. The van der Waals surface area contributed by atoms with Crippen LogP contribution in [0.2, 0.25) is 0 Å². The van der Waals surface area contributed by atoms with Crippen LogP contribution in [0.15, 0.2) is 69.6 Å². The maximum atomic E-state index is 12.7. The van der Waals surface area contributed by atoms with Gasteiger partial charge in [0.1, 0.15) is 12.7 Å². The van der Waals surface area contributed by atoms with Gasteiger partial charge >= 0.3 is 5.69 Å². The van der Waals surface area contributed by atoms with E-state index in [-0.39, 0.29) is 22.3 Å². The van der Waals surface area contributed by atoms with Crippen molar-refractivity contribution in [2.75, 3.05) is 0 Å². The average Bonchev–Trinajstić information content (AvgIpc) is 3.20. The first-order chi connectivity index (χ1) is 13.9. The minimum absolute atomic E-state index is 0.0627. The Morgan fingerprint density at radius 3 is 2.59 bits per heavy atom. The van der Waals surface area contributed by atoms with Gasteiger partial charge in [0.05, 0.1) is 22.3 Å². The Hall–Kier alpha value is -3.57. The second-order valence-corrected chi connectivity index (χ2v) is 8.07. The van der Waals surface area contributed by atoms with E-state index in [0.717, 1.165) is 11.1 Å². The molecule has 0 amide bonds. The zero-order valence-corrected chi connectivity index (χ0v) is 15.8. The number of fused-ring (bicyclic) bond motifs is 1. The summed E-state index contributed by atoms with van der Waals surface area (Å²) in [5, 5.41) is 4.14. The lowest BCUT2D eigenvalue weighted by atomic mass is 10.1. The molecule has 2 aromatic heterocycles. The number of nitrogens with one attached hydrogen (secondary N) is 3. The van der Waals surface area contributed by atoms with Gasteiger partial charge in [-0.15, -0.1) is 0 Å². The Morgan fingerprint density at radius 1 is 1.03 bits per heavy atom. The number of hydrogen-bond donors (Lipinski definition) is 3. The van der Waals surface area contributed by atoms with Gasteiger partial charge in [-0.3, -0.25) is 9.78 Å². The zero-order chi connectivity index (χ0) is 20.4. The number of rotatable bonds is 6. The zero-order valence-electron chi connectivity index (χ0n) is 15.0. The van der Waals surface area contributed by atoms with Crippen molar-refractivity contribution in [2.24, 2.45) is 0 Å². The van der Waals surface area contributed by atoms with Crippen molar-refractivity contribution >= 4 is 20.9 Å². The van der Waals surface area contributed by atoms with Crippen LogP contribution in [0.25, 0.3) is 10.9 Å². The smallest absolute Gasteiger partial charge is 0.307 e. The Balaban J connectivity index is 1.59. The minimum atomic E-state index is -3.89. The van der Waals surface area contributed by atoms with Crippen LogP contribution in [0.4, 0.5) is 0 Å². The van der Waals surface area contributed by atoms with Gasteiger partial charge in [0, 0.05) is 6.54 Å². The predicted octanol–water partition coefficient (Wildman–Crippen LogP) is 0.335. The Bertz CT molecular complexity index is 1390. The van der Waals surface area contributed by atoms with E-state index in [9.17, 15) is 18.0 Å². The van der Waals surface area contributed by atoms with Crippen LogP contribution < -0.4 is 16.0 Å². The Kier molecular flexibility index (Phi) is 4.82. The number of sulfonamides is 1. The number of aromatic amines is 2. The van der Waals surface area contributed by atoms with Crippen molar-refractivity contribution in [3.63, 3.8) is 0 Å². The van der Waals surface area contributed by atoms with Gasteiger partial charge in [-0.05, 0) is 29.3 Å². The number of benzene rings is 2. The van der Waals surface area contributed by atoms with Crippen LogP contribution in [0.3, 0.4) is 0 Å². The fourth-order valence-corrected chi connectivity index (χ4v) is 3.97. The molecule has 0 saturated carbocycles. The molecule has 0 atom stereocenters. The third-order valence-corrected chi connectivity index (χ3v) is 5.79. The molecule has 0 fully saturated rings. The molecule has 0 aliphatic carbocycles. The normalized spacial score (nSPS) is 11.7. The molecule has 0 aliphatic heterocycles. The highest BCUT2D eigenvalue weighted by Gasteiger charge is 2.16. The molecule has 0 saturated heterocycles. The predicted molar refractivity (Wildman–Crippen MR) is 105 cm³/mol. The van der Waals surface area contributed by atoms with E-state index in [2.05, 4.69) is 24.8 Å². The molecule has 3 N–H and O–H groups in total. The summed E-state index contributed by atoms with van der Waals surface area (Å²) in [5.74, 6) is 0. The summed E-state index contributed by atoms with van der Waals surface area (Å²) in [7, 11) is -3.89. The van der Waals surface area contributed by atoms with Crippen LogP contribution in [-0.4, -0.2) is 33.2 Å². The SMILES string of the molecule is O=c1[nH]c(=O)c2cc(S(=O)(=O)NCc3ccccc3Cn3cncn3)ccc2[nH]1. The molecule has 29 heavy (non-hydrogen) atoms. The monoisotopic (exact) mass is 412 g/mol. The minimum Gasteiger partial charge on any atom is -0.307 e. The van der Waals surface area contributed by atoms with Crippen molar-refractivity contribution in [3.8, 4) is 0 Å². The molecule has 0 spiro atoms. The second kappa shape index (κ2) is 7.45. The fraction of sp³-hybridized carbons (Fsp3) is 0.111. The van der Waals surface area contributed by atoms with E-state index in [0.29, 0.717) is 6.54 Å². The van der Waals surface area contributed by atoms with Gasteiger partial charge < -0.3 is 4.98 Å². The Labute approximate surface area is 164 Å². The summed E-state index contributed by atoms with van der Waals surface area (Å²) in [5.41, 5.74) is 0.637. The van der Waals surface area contributed by atoms with E-state index in [1.165, 1.54) is 24.5 Å². The van der Waals surface area contributed by atoms with Crippen molar-refractivity contribution in [1.29, 1.82) is 0 Å². The van der Waals surface area contributed by atoms with Gasteiger partial charge in [-0.25, -0.2) is 27.6 Å². The van der Waals surface area contributed by atoms with E-state index in [1.807, 2.05) is 24.3 Å². The maximum absolute atomic E-state index is 12.7. The molecular formula is C18H16N6O4S. The highest BCUT2D eigenvalue weighted by molar-refractivity contribution is 7.89. The molecule has 4 aromatic rings. The quantitative estimate of drug-likeness (QED) is 0.417. The topological polar surface area (TPSA) is 143 Å². The first-order valence-corrected chi connectivity index (χ1v) is 10.1. The van der Waals surface area contributed by atoms with Crippen molar-refractivity contribution in [3.05, 3.63) is 87.1 Å². The van der Waals surface area contributed by atoms with Crippen LogP contribution in [0.1, 0.15) is 11.1 Å².